The van der Waals surface area contributed by atoms with Crippen LogP contribution in [0.15, 0.2) is 18.2 Å². The van der Waals surface area contributed by atoms with Crippen LogP contribution in [-0.2, 0) is 15.4 Å². The van der Waals surface area contributed by atoms with Crippen LogP contribution in [0, 0.1) is 0 Å². The summed E-state index contributed by atoms with van der Waals surface area (Å²) in [7, 11) is -1.79. The van der Waals surface area contributed by atoms with Crippen LogP contribution in [-0.4, -0.2) is 21.7 Å². The zero-order chi connectivity index (χ0) is 13.4. The third-order valence-electron chi connectivity index (χ3n) is 2.61. The standard InChI is InChI=1S/C12H18ClNO2S/c1-12(2,3)9-7-6-8-10(13)11(9)14(4)17(5,15)16/h6-8H,1-5H3. The Balaban J connectivity index is 3.52. The van der Waals surface area contributed by atoms with Crippen molar-refractivity contribution in [2.75, 3.05) is 17.6 Å². The molecule has 1 aromatic rings. The Morgan fingerprint density at radius 3 is 2.18 bits per heavy atom. The van der Waals surface area contributed by atoms with E-state index in [1.165, 1.54) is 17.6 Å². The first-order valence-electron chi connectivity index (χ1n) is 5.28. The molecule has 0 aliphatic carbocycles. The summed E-state index contributed by atoms with van der Waals surface area (Å²) >= 11 is 6.13. The van der Waals surface area contributed by atoms with Crippen molar-refractivity contribution in [3.8, 4) is 0 Å². The normalized spacial score (nSPS) is 12.6. The summed E-state index contributed by atoms with van der Waals surface area (Å²) in [6, 6.07) is 5.44. The molecule has 0 amide bonds. The third-order valence-corrected chi connectivity index (χ3v) is 4.09. The van der Waals surface area contributed by atoms with Gasteiger partial charge in [0.25, 0.3) is 0 Å². The van der Waals surface area contributed by atoms with E-state index < -0.39 is 10.0 Å². The van der Waals surface area contributed by atoms with Crippen LogP contribution in [0.4, 0.5) is 5.69 Å². The van der Waals surface area contributed by atoms with Crippen molar-refractivity contribution in [3.63, 3.8) is 0 Å². The summed E-state index contributed by atoms with van der Waals surface area (Å²) in [5.74, 6) is 0. The number of hydrogen-bond donors (Lipinski definition) is 0. The molecule has 0 bridgehead atoms. The Kier molecular flexibility index (Phi) is 3.79. The van der Waals surface area contributed by atoms with Crippen molar-refractivity contribution in [1.82, 2.24) is 0 Å². The monoisotopic (exact) mass is 275 g/mol. The quantitative estimate of drug-likeness (QED) is 0.832. The molecule has 0 aliphatic rings. The number of halogens is 1. The van der Waals surface area contributed by atoms with E-state index in [2.05, 4.69) is 0 Å². The molecule has 0 saturated heterocycles. The largest absolute Gasteiger partial charge is 0.272 e. The second-order valence-electron chi connectivity index (χ2n) is 5.12. The third kappa shape index (κ3) is 3.13. The highest BCUT2D eigenvalue weighted by Crippen LogP contribution is 2.37. The van der Waals surface area contributed by atoms with Crippen molar-refractivity contribution in [1.29, 1.82) is 0 Å². The Hall–Kier alpha value is -0.740. The van der Waals surface area contributed by atoms with Gasteiger partial charge in [-0.1, -0.05) is 44.5 Å². The lowest BCUT2D eigenvalue weighted by atomic mass is 9.86. The SMILES string of the molecule is CN(c1c(Cl)cccc1C(C)(C)C)S(C)(=O)=O. The maximum absolute atomic E-state index is 11.6. The van der Waals surface area contributed by atoms with Crippen LogP contribution >= 0.6 is 11.6 Å². The van der Waals surface area contributed by atoms with Gasteiger partial charge in [0.05, 0.1) is 17.0 Å². The fourth-order valence-corrected chi connectivity index (χ4v) is 2.49. The van der Waals surface area contributed by atoms with Crippen molar-refractivity contribution >= 4 is 27.3 Å². The van der Waals surface area contributed by atoms with E-state index >= 15 is 0 Å². The van der Waals surface area contributed by atoms with Crippen LogP contribution in [0.5, 0.6) is 0 Å². The van der Waals surface area contributed by atoms with Crippen LogP contribution in [0.1, 0.15) is 26.3 Å². The summed E-state index contributed by atoms with van der Waals surface area (Å²) < 4.78 is 24.5. The number of benzene rings is 1. The van der Waals surface area contributed by atoms with Gasteiger partial charge in [0.1, 0.15) is 0 Å². The van der Waals surface area contributed by atoms with Crippen LogP contribution in [0.25, 0.3) is 0 Å². The highest BCUT2D eigenvalue weighted by molar-refractivity contribution is 7.92. The number of sulfonamides is 1. The van der Waals surface area contributed by atoms with Gasteiger partial charge in [0.2, 0.25) is 10.0 Å². The van der Waals surface area contributed by atoms with Gasteiger partial charge in [-0.15, -0.1) is 0 Å². The van der Waals surface area contributed by atoms with Gasteiger partial charge in [-0.25, -0.2) is 8.42 Å². The zero-order valence-electron chi connectivity index (χ0n) is 10.8. The van der Waals surface area contributed by atoms with Gasteiger partial charge in [0.15, 0.2) is 0 Å². The van der Waals surface area contributed by atoms with Gasteiger partial charge in [-0.3, -0.25) is 4.31 Å². The fraction of sp³-hybridized carbons (Fsp3) is 0.500. The molecule has 0 spiro atoms. The molecule has 17 heavy (non-hydrogen) atoms. The van der Waals surface area contributed by atoms with Crippen LogP contribution in [0.3, 0.4) is 0 Å². The summed E-state index contributed by atoms with van der Waals surface area (Å²) in [6.07, 6.45) is 1.17. The zero-order valence-corrected chi connectivity index (χ0v) is 12.4. The number of anilines is 1. The Morgan fingerprint density at radius 2 is 1.76 bits per heavy atom. The topological polar surface area (TPSA) is 37.4 Å². The van der Waals surface area contributed by atoms with E-state index in [0.717, 1.165) is 5.56 Å². The summed E-state index contributed by atoms with van der Waals surface area (Å²) in [4.78, 5) is 0. The van der Waals surface area contributed by atoms with Crippen molar-refractivity contribution < 1.29 is 8.42 Å². The van der Waals surface area contributed by atoms with E-state index in [9.17, 15) is 8.42 Å². The van der Waals surface area contributed by atoms with Crippen molar-refractivity contribution in [2.45, 2.75) is 26.2 Å². The van der Waals surface area contributed by atoms with Crippen molar-refractivity contribution in [2.24, 2.45) is 0 Å². The fourth-order valence-electron chi connectivity index (χ4n) is 1.61. The number of rotatable bonds is 2. The minimum Gasteiger partial charge on any atom is -0.272 e. The second-order valence-corrected chi connectivity index (χ2v) is 7.54. The van der Waals surface area contributed by atoms with Crippen LogP contribution in [0.2, 0.25) is 5.02 Å². The van der Waals surface area contributed by atoms with Gasteiger partial charge in [-0.2, -0.15) is 0 Å². The number of para-hydroxylation sites is 1. The number of nitrogens with zero attached hydrogens (tertiary/aromatic N) is 1. The average molecular weight is 276 g/mol. The Morgan fingerprint density at radius 1 is 1.24 bits per heavy atom. The van der Waals surface area contributed by atoms with Gasteiger partial charge in [0, 0.05) is 7.05 Å². The number of hydrogen-bond acceptors (Lipinski definition) is 2. The minimum absolute atomic E-state index is 0.167. The minimum atomic E-state index is -3.31. The second kappa shape index (κ2) is 4.50. The molecule has 0 radical (unpaired) electrons. The summed E-state index contributed by atoms with van der Waals surface area (Å²) in [6.45, 7) is 6.08. The van der Waals surface area contributed by atoms with E-state index in [0.29, 0.717) is 10.7 Å². The predicted molar refractivity (Wildman–Crippen MR) is 73.4 cm³/mol. The maximum atomic E-state index is 11.6. The highest BCUT2D eigenvalue weighted by Gasteiger charge is 2.25. The molecule has 0 N–H and O–H groups in total. The van der Waals surface area contributed by atoms with Crippen molar-refractivity contribution in [3.05, 3.63) is 28.8 Å². The van der Waals surface area contributed by atoms with E-state index in [1.807, 2.05) is 32.9 Å². The molecule has 0 unspecified atom stereocenters. The predicted octanol–water partition coefficient (Wildman–Crippen LogP) is 3.03. The van der Waals surface area contributed by atoms with Gasteiger partial charge in [-0.05, 0) is 17.0 Å². The van der Waals surface area contributed by atoms with Crippen LogP contribution < -0.4 is 4.31 Å². The van der Waals surface area contributed by atoms with E-state index in [-0.39, 0.29) is 5.41 Å². The van der Waals surface area contributed by atoms with E-state index in [1.54, 1.807) is 6.07 Å². The molecule has 5 heteroatoms. The molecule has 0 aliphatic heterocycles. The Labute approximate surface area is 108 Å². The lowest BCUT2D eigenvalue weighted by Crippen LogP contribution is -2.28. The molecular formula is C12H18ClNO2S. The summed E-state index contributed by atoms with van der Waals surface area (Å²) in [5.41, 5.74) is 1.31. The molecule has 0 saturated carbocycles. The lowest BCUT2D eigenvalue weighted by Gasteiger charge is -2.28. The first-order valence-corrected chi connectivity index (χ1v) is 7.50. The average Bonchev–Trinajstić information content (AvgIpc) is 2.13. The highest BCUT2D eigenvalue weighted by atomic mass is 35.5. The molecule has 0 atom stereocenters. The molecule has 3 nitrogen and oxygen atoms in total. The smallest absolute Gasteiger partial charge is 0.232 e. The first kappa shape index (κ1) is 14.3. The molecule has 1 aromatic carbocycles. The van der Waals surface area contributed by atoms with Gasteiger partial charge < -0.3 is 0 Å². The molecule has 0 heterocycles. The molecule has 0 aromatic heterocycles. The first-order chi connectivity index (χ1) is 7.55. The van der Waals surface area contributed by atoms with E-state index in [4.69, 9.17) is 11.6 Å². The molecule has 0 fully saturated rings. The van der Waals surface area contributed by atoms with Gasteiger partial charge >= 0.3 is 0 Å². The lowest BCUT2D eigenvalue weighted by molar-refractivity contribution is 0.586. The molecule has 96 valence electrons. The summed E-state index contributed by atoms with van der Waals surface area (Å²) in [5, 5.41) is 0.449. The molecular weight excluding hydrogens is 258 g/mol. The molecule has 1 rings (SSSR count). The Bertz CT molecular complexity index is 518. The maximum Gasteiger partial charge on any atom is 0.232 e.